The molecule has 1 aromatic heterocycles. The fourth-order valence-corrected chi connectivity index (χ4v) is 9.92. The molecule has 0 atom stereocenters. The molecule has 57 heavy (non-hydrogen) atoms. The van der Waals surface area contributed by atoms with E-state index < -0.39 is 5.41 Å². The molecule has 10 aromatic rings. The Bertz CT molecular complexity index is 3210. The van der Waals surface area contributed by atoms with E-state index in [1.165, 1.54) is 82.6 Å². The minimum atomic E-state index is -0.551. The Morgan fingerprint density at radius 2 is 1.04 bits per heavy atom. The number of furan rings is 1. The summed E-state index contributed by atoms with van der Waals surface area (Å²) in [6.07, 6.45) is 6.48. The quantitative estimate of drug-likeness (QED) is 0.156. The molecule has 1 nitrogen and oxygen atoms in total. The van der Waals surface area contributed by atoms with Crippen LogP contribution in [0.15, 0.2) is 217 Å². The molecule has 11 rings (SSSR count). The molecule has 1 heteroatoms. The summed E-state index contributed by atoms with van der Waals surface area (Å²) in [6.45, 7) is 6.55. The van der Waals surface area contributed by atoms with Gasteiger partial charge in [0.1, 0.15) is 11.2 Å². The topological polar surface area (TPSA) is 13.1 Å². The lowest BCUT2D eigenvalue weighted by molar-refractivity contribution is 0.672. The second-order valence-electron chi connectivity index (χ2n) is 15.1. The Hall–Kier alpha value is -7.22. The molecule has 0 saturated carbocycles. The molecule has 0 amide bonds. The van der Waals surface area contributed by atoms with Crippen molar-refractivity contribution in [1.82, 2.24) is 0 Å². The first-order chi connectivity index (χ1) is 28.2. The van der Waals surface area contributed by atoms with Gasteiger partial charge in [-0.2, -0.15) is 0 Å². The van der Waals surface area contributed by atoms with E-state index in [0.29, 0.717) is 0 Å². The predicted molar refractivity (Wildman–Crippen MR) is 242 cm³/mol. The summed E-state index contributed by atoms with van der Waals surface area (Å²) in [4.78, 5) is 0. The van der Waals surface area contributed by atoms with Crippen molar-refractivity contribution in [2.75, 3.05) is 0 Å². The minimum Gasteiger partial charge on any atom is -0.455 e. The van der Waals surface area contributed by atoms with E-state index in [4.69, 9.17) is 4.42 Å². The second-order valence-corrected chi connectivity index (χ2v) is 15.1. The van der Waals surface area contributed by atoms with Gasteiger partial charge in [-0.1, -0.05) is 183 Å². The Balaban J connectivity index is 1.19. The molecule has 1 aliphatic carbocycles. The molecule has 0 N–H and O–H groups in total. The lowest BCUT2D eigenvalue weighted by atomic mass is 9.66. The lowest BCUT2D eigenvalue weighted by Gasteiger charge is -2.35. The molecule has 268 valence electrons. The first kappa shape index (κ1) is 33.1. The monoisotopic (exact) mass is 726 g/mol. The molecular weight excluding hydrogens is 689 g/mol. The van der Waals surface area contributed by atoms with Crippen LogP contribution in [0.1, 0.15) is 29.2 Å². The van der Waals surface area contributed by atoms with Crippen molar-refractivity contribution < 1.29 is 4.42 Å². The third kappa shape index (κ3) is 4.76. The summed E-state index contributed by atoms with van der Waals surface area (Å²) in [5.74, 6) is 0. The van der Waals surface area contributed by atoms with Crippen LogP contribution in [0.25, 0.3) is 82.1 Å². The van der Waals surface area contributed by atoms with Gasteiger partial charge in [-0.15, -0.1) is 0 Å². The van der Waals surface area contributed by atoms with Crippen LogP contribution in [0.4, 0.5) is 0 Å². The van der Waals surface area contributed by atoms with Crippen LogP contribution in [-0.2, 0) is 5.41 Å². The fraction of sp³-hybridized carbons (Fsp3) is 0.0357. The van der Waals surface area contributed by atoms with Gasteiger partial charge in [-0.05, 0) is 114 Å². The van der Waals surface area contributed by atoms with Gasteiger partial charge in [-0.25, -0.2) is 0 Å². The number of hydrogen-bond donors (Lipinski definition) is 0. The zero-order valence-corrected chi connectivity index (χ0v) is 31.7. The SMILES string of the molecule is C=CC1=C(/C=C\C)c2ccc(-c3c4ccccc4c(-c4ccc5oc6c7ccccc7ccc6c5c4)c4ccccc34)cc2C1(c1ccccc1)c1ccccc1. The van der Waals surface area contributed by atoms with Crippen LogP contribution in [0.2, 0.25) is 0 Å². The van der Waals surface area contributed by atoms with Gasteiger partial charge in [-0.3, -0.25) is 0 Å². The van der Waals surface area contributed by atoms with Gasteiger partial charge in [0.15, 0.2) is 0 Å². The van der Waals surface area contributed by atoms with E-state index in [2.05, 4.69) is 214 Å². The van der Waals surface area contributed by atoms with Gasteiger partial charge in [0.2, 0.25) is 0 Å². The average molecular weight is 727 g/mol. The highest BCUT2D eigenvalue weighted by Gasteiger charge is 2.46. The highest BCUT2D eigenvalue weighted by atomic mass is 16.3. The molecule has 9 aromatic carbocycles. The number of benzene rings is 9. The molecule has 0 bridgehead atoms. The van der Waals surface area contributed by atoms with Crippen LogP contribution >= 0.6 is 0 Å². The van der Waals surface area contributed by atoms with E-state index >= 15 is 0 Å². The van der Waals surface area contributed by atoms with E-state index in [9.17, 15) is 0 Å². The Morgan fingerprint density at radius 3 is 1.63 bits per heavy atom. The third-order valence-electron chi connectivity index (χ3n) is 12.2. The molecule has 1 aliphatic rings. The molecule has 0 spiro atoms. The fourth-order valence-electron chi connectivity index (χ4n) is 9.92. The van der Waals surface area contributed by atoms with Gasteiger partial charge >= 0.3 is 0 Å². The highest BCUT2D eigenvalue weighted by Crippen LogP contribution is 2.56. The standard InChI is InChI=1S/C56H38O/c1-3-17-42-43-31-29-38(35-51(43)56(50(42)4-2,39-19-7-5-8-20-39)40-21-9-6-10-22-40)54-46-26-15-13-24-44(46)53(45-25-14-16-27-47(45)54)37-30-33-52-49(34-37)48-32-28-36-18-11-12-23-41(36)55(48)57-52/h3-35H,2H2,1H3/b17-3-. The van der Waals surface area contributed by atoms with Gasteiger partial charge in [0, 0.05) is 16.2 Å². The van der Waals surface area contributed by atoms with Crippen LogP contribution < -0.4 is 0 Å². The van der Waals surface area contributed by atoms with E-state index in [1.54, 1.807) is 0 Å². The zero-order chi connectivity index (χ0) is 38.1. The molecule has 0 saturated heterocycles. The summed E-state index contributed by atoms with van der Waals surface area (Å²) in [5, 5.41) is 9.49. The maximum Gasteiger partial charge on any atom is 0.143 e. The van der Waals surface area contributed by atoms with Gasteiger partial charge in [0.05, 0.1) is 5.41 Å². The lowest BCUT2D eigenvalue weighted by Crippen LogP contribution is -2.29. The van der Waals surface area contributed by atoms with Crippen molar-refractivity contribution in [3.63, 3.8) is 0 Å². The van der Waals surface area contributed by atoms with Crippen molar-refractivity contribution >= 4 is 59.8 Å². The minimum absolute atomic E-state index is 0.551. The highest BCUT2D eigenvalue weighted by molar-refractivity contribution is 6.23. The van der Waals surface area contributed by atoms with Crippen molar-refractivity contribution in [3.8, 4) is 22.3 Å². The van der Waals surface area contributed by atoms with Crippen LogP contribution in [-0.4, -0.2) is 0 Å². The molecule has 0 unspecified atom stereocenters. The number of fused-ring (bicyclic) bond motifs is 8. The maximum absolute atomic E-state index is 6.55. The normalized spacial score (nSPS) is 13.8. The molecular formula is C56H38O. The van der Waals surface area contributed by atoms with Crippen molar-refractivity contribution in [1.29, 1.82) is 0 Å². The van der Waals surface area contributed by atoms with E-state index in [0.717, 1.165) is 27.3 Å². The summed E-state index contributed by atoms with van der Waals surface area (Å²) < 4.78 is 6.55. The summed E-state index contributed by atoms with van der Waals surface area (Å²) >= 11 is 0. The molecule has 0 fully saturated rings. The Labute approximate surface area is 332 Å². The van der Waals surface area contributed by atoms with E-state index in [1.807, 2.05) is 0 Å². The van der Waals surface area contributed by atoms with Gasteiger partial charge < -0.3 is 4.42 Å². The average Bonchev–Trinajstić information content (AvgIpc) is 3.79. The van der Waals surface area contributed by atoms with E-state index in [-0.39, 0.29) is 0 Å². The number of allylic oxidation sites excluding steroid dienone is 5. The Morgan fingerprint density at radius 1 is 0.491 bits per heavy atom. The summed E-state index contributed by atoms with van der Waals surface area (Å²) in [7, 11) is 0. The first-order valence-electron chi connectivity index (χ1n) is 19.7. The molecule has 1 heterocycles. The smallest absolute Gasteiger partial charge is 0.143 e. The first-order valence-corrected chi connectivity index (χ1v) is 19.7. The third-order valence-corrected chi connectivity index (χ3v) is 12.2. The van der Waals surface area contributed by atoms with Crippen LogP contribution in [0, 0.1) is 0 Å². The van der Waals surface area contributed by atoms with Crippen LogP contribution in [0.3, 0.4) is 0 Å². The Kier molecular flexibility index (Phi) is 7.52. The summed E-state index contributed by atoms with van der Waals surface area (Å²) in [6, 6.07) is 66.5. The van der Waals surface area contributed by atoms with Crippen LogP contribution in [0.5, 0.6) is 0 Å². The van der Waals surface area contributed by atoms with Crippen molar-refractivity contribution in [2.45, 2.75) is 12.3 Å². The second kappa shape index (κ2) is 12.9. The largest absolute Gasteiger partial charge is 0.455 e. The number of rotatable bonds is 6. The van der Waals surface area contributed by atoms with Gasteiger partial charge in [0.25, 0.3) is 0 Å². The zero-order valence-electron chi connectivity index (χ0n) is 31.7. The molecule has 0 aliphatic heterocycles. The maximum atomic E-state index is 6.55. The van der Waals surface area contributed by atoms with Crippen molar-refractivity contribution in [3.05, 3.63) is 235 Å². The summed E-state index contributed by atoms with van der Waals surface area (Å²) in [5.41, 5.74) is 13.5. The van der Waals surface area contributed by atoms with Crippen molar-refractivity contribution in [2.24, 2.45) is 0 Å². The predicted octanol–water partition coefficient (Wildman–Crippen LogP) is 15.2. The molecule has 0 radical (unpaired) electrons. The number of hydrogen-bond acceptors (Lipinski definition) is 1.